The van der Waals surface area contributed by atoms with Crippen LogP contribution in [0.15, 0.2) is 158 Å². The van der Waals surface area contributed by atoms with E-state index in [1.807, 2.05) is 54.6 Å². The van der Waals surface area contributed by atoms with Gasteiger partial charge in [0.2, 0.25) is 0 Å². The Balaban J connectivity index is 0.922. The molecule has 4 fully saturated rings. The fraction of sp³-hybridized carbons (Fsp3) is 0.167. The molecule has 0 aliphatic heterocycles. The molecule has 284 valence electrons. The summed E-state index contributed by atoms with van der Waals surface area (Å²) in [5.74, 6) is 3.32. The molecular weight excluding hydrogens is 733 g/mol. The maximum Gasteiger partial charge on any atom is 0.164 e. The van der Waals surface area contributed by atoms with Crippen LogP contribution in [-0.4, -0.2) is 19.5 Å². The van der Waals surface area contributed by atoms with E-state index in [9.17, 15) is 10.5 Å². The predicted molar refractivity (Wildman–Crippen MR) is 237 cm³/mol. The van der Waals surface area contributed by atoms with Crippen LogP contribution in [0.3, 0.4) is 0 Å². The summed E-state index contributed by atoms with van der Waals surface area (Å²) >= 11 is 0. The number of rotatable bonds is 6. The van der Waals surface area contributed by atoms with Gasteiger partial charge < -0.3 is 4.57 Å². The zero-order chi connectivity index (χ0) is 40.0. The van der Waals surface area contributed by atoms with Gasteiger partial charge in [0.25, 0.3) is 0 Å². The first-order valence-electron chi connectivity index (χ1n) is 20.9. The highest BCUT2D eigenvalue weighted by atomic mass is 15.0. The van der Waals surface area contributed by atoms with Gasteiger partial charge in [-0.25, -0.2) is 15.0 Å². The Morgan fingerprint density at radius 1 is 0.517 bits per heavy atom. The second kappa shape index (κ2) is 13.0. The van der Waals surface area contributed by atoms with Crippen LogP contribution in [-0.2, 0) is 10.8 Å². The van der Waals surface area contributed by atoms with E-state index in [1.54, 1.807) is 0 Å². The van der Waals surface area contributed by atoms with Crippen molar-refractivity contribution in [3.8, 4) is 52.0 Å². The second-order valence-corrected chi connectivity index (χ2v) is 17.4. The molecule has 2 heterocycles. The van der Waals surface area contributed by atoms with Gasteiger partial charge in [0.05, 0.1) is 34.3 Å². The lowest BCUT2D eigenvalue weighted by molar-refractivity contribution is 0.220. The molecule has 0 radical (unpaired) electrons. The molecule has 0 N–H and O–H groups in total. The van der Waals surface area contributed by atoms with E-state index >= 15 is 0 Å². The zero-order valence-electron chi connectivity index (χ0n) is 32.9. The summed E-state index contributed by atoms with van der Waals surface area (Å²) in [5.41, 5.74) is 10.4. The van der Waals surface area contributed by atoms with Crippen molar-refractivity contribution in [3.05, 3.63) is 180 Å². The normalized spacial score (nSPS) is 21.4. The maximum absolute atomic E-state index is 9.84. The molecule has 7 aromatic carbocycles. The summed E-state index contributed by atoms with van der Waals surface area (Å²) < 4.78 is 2.29. The van der Waals surface area contributed by atoms with Crippen molar-refractivity contribution < 1.29 is 0 Å². The largest absolute Gasteiger partial charge is 0.309 e. The van der Waals surface area contributed by atoms with E-state index in [4.69, 9.17) is 15.0 Å². The molecular formula is C54H38N6. The van der Waals surface area contributed by atoms with Gasteiger partial charge in [0.1, 0.15) is 0 Å². The van der Waals surface area contributed by atoms with E-state index in [2.05, 4.69) is 120 Å². The number of fused-ring (bicyclic) bond motifs is 4. The molecule has 4 aliphatic carbocycles. The van der Waals surface area contributed by atoms with Crippen molar-refractivity contribution in [3.63, 3.8) is 0 Å². The lowest BCUT2D eigenvalue weighted by atomic mass is 9.62. The first-order chi connectivity index (χ1) is 29.5. The maximum atomic E-state index is 9.84. The minimum atomic E-state index is 0.104. The standard InChI is InChI=1S/C54H38N6/c55-31-34-10-20-45(21-11-34)60-48-25-35(32-56)12-22-46(48)47-23-19-43(27-49(47)60)54-29-36-24-44(54)30-53(28-36,33-54)42-17-15-39(16-18-42)51-57-50(38-7-2-1-3-8-38)58-52(59-51)41-14-13-37-6-4-5-9-40(37)26-41/h1-23,25-27,36,44H,24,28-30,33H2. The molecule has 2 aromatic heterocycles. The molecule has 0 amide bonds. The third-order valence-electron chi connectivity index (χ3n) is 14.2. The first kappa shape index (κ1) is 34.6. The van der Waals surface area contributed by atoms with Gasteiger partial charge in [-0.1, -0.05) is 109 Å². The molecule has 4 unspecified atom stereocenters. The summed E-state index contributed by atoms with van der Waals surface area (Å²) in [6, 6.07) is 59.7. The topological polar surface area (TPSA) is 91.2 Å². The zero-order valence-corrected chi connectivity index (χ0v) is 32.9. The smallest absolute Gasteiger partial charge is 0.164 e. The number of hydrogen-bond acceptors (Lipinski definition) is 5. The highest BCUT2D eigenvalue weighted by molar-refractivity contribution is 6.09. The molecule has 60 heavy (non-hydrogen) atoms. The quantitative estimate of drug-likeness (QED) is 0.168. The van der Waals surface area contributed by atoms with Gasteiger partial charge in [-0.15, -0.1) is 0 Å². The average Bonchev–Trinajstić information content (AvgIpc) is 3.86. The molecule has 13 rings (SSSR count). The van der Waals surface area contributed by atoms with Crippen molar-refractivity contribution in [1.29, 1.82) is 10.5 Å². The summed E-state index contributed by atoms with van der Waals surface area (Å²) in [5, 5.41) is 24.0. The molecule has 6 nitrogen and oxygen atoms in total. The Morgan fingerprint density at radius 2 is 1.13 bits per heavy atom. The van der Waals surface area contributed by atoms with Gasteiger partial charge in [-0.3, -0.25) is 0 Å². The van der Waals surface area contributed by atoms with Crippen LogP contribution in [0.25, 0.3) is 72.4 Å². The lowest BCUT2D eigenvalue weighted by Crippen LogP contribution is -2.35. The van der Waals surface area contributed by atoms with E-state index in [-0.39, 0.29) is 10.8 Å². The first-order valence-corrected chi connectivity index (χ1v) is 20.9. The highest BCUT2D eigenvalue weighted by Crippen LogP contribution is 2.71. The van der Waals surface area contributed by atoms with Crippen LogP contribution < -0.4 is 0 Å². The van der Waals surface area contributed by atoms with Crippen molar-refractivity contribution in [2.75, 3.05) is 0 Å². The Hall–Kier alpha value is -7.41. The van der Waals surface area contributed by atoms with Crippen LogP contribution in [0.1, 0.15) is 54.4 Å². The van der Waals surface area contributed by atoms with Gasteiger partial charge >= 0.3 is 0 Å². The second-order valence-electron chi connectivity index (χ2n) is 17.4. The van der Waals surface area contributed by atoms with Crippen LogP contribution in [0.2, 0.25) is 0 Å². The minimum absolute atomic E-state index is 0.104. The lowest BCUT2D eigenvalue weighted by Gasteiger charge is -2.42. The van der Waals surface area contributed by atoms with Gasteiger partial charge in [-0.05, 0) is 125 Å². The fourth-order valence-electron chi connectivity index (χ4n) is 11.7. The molecule has 9 aromatic rings. The molecule has 0 spiro atoms. The summed E-state index contributed by atoms with van der Waals surface area (Å²) in [4.78, 5) is 15.1. The summed E-state index contributed by atoms with van der Waals surface area (Å²) in [7, 11) is 0. The van der Waals surface area contributed by atoms with Crippen LogP contribution in [0, 0.1) is 34.5 Å². The van der Waals surface area contributed by atoms with Gasteiger partial charge in [0.15, 0.2) is 17.5 Å². The Labute approximate surface area is 348 Å². The number of benzene rings is 7. The summed E-state index contributed by atoms with van der Waals surface area (Å²) in [6.07, 6.45) is 6.07. The van der Waals surface area contributed by atoms with Crippen LogP contribution in [0.5, 0.6) is 0 Å². The SMILES string of the molecule is N#Cc1ccc(-n2c3cc(C#N)ccc3c3ccc(C45CC6CC4CC(c4ccc(-c7nc(-c8ccccc8)nc(-c8ccc9ccccc9c8)n7)cc4)(C6)C5)cc32)cc1. The third-order valence-corrected chi connectivity index (χ3v) is 14.2. The van der Waals surface area contributed by atoms with Gasteiger partial charge in [0, 0.05) is 33.2 Å². The summed E-state index contributed by atoms with van der Waals surface area (Å²) in [6.45, 7) is 0. The Kier molecular flexibility index (Phi) is 7.53. The number of hydrogen-bond donors (Lipinski definition) is 0. The third kappa shape index (κ3) is 5.27. The number of nitriles is 2. The fourth-order valence-corrected chi connectivity index (χ4v) is 11.7. The molecule has 4 bridgehead atoms. The molecule has 4 aliphatic rings. The van der Waals surface area contributed by atoms with E-state index in [0.717, 1.165) is 50.6 Å². The van der Waals surface area contributed by atoms with Crippen molar-refractivity contribution in [1.82, 2.24) is 19.5 Å². The van der Waals surface area contributed by atoms with E-state index < -0.39 is 0 Å². The average molecular weight is 771 g/mol. The Bertz CT molecular complexity index is 3280. The van der Waals surface area contributed by atoms with Crippen molar-refractivity contribution in [2.45, 2.75) is 42.9 Å². The van der Waals surface area contributed by atoms with Gasteiger partial charge in [-0.2, -0.15) is 10.5 Å². The molecule has 0 saturated heterocycles. The minimum Gasteiger partial charge on any atom is -0.309 e. The predicted octanol–water partition coefficient (Wildman–Crippen LogP) is 12.3. The van der Waals surface area contributed by atoms with Crippen molar-refractivity contribution >= 4 is 32.6 Å². The Morgan fingerprint density at radius 3 is 1.88 bits per heavy atom. The van der Waals surface area contributed by atoms with Crippen molar-refractivity contribution in [2.24, 2.45) is 11.8 Å². The molecule has 4 atom stereocenters. The molecule has 6 heteroatoms. The monoisotopic (exact) mass is 770 g/mol. The van der Waals surface area contributed by atoms with Crippen LogP contribution >= 0.6 is 0 Å². The molecule has 4 saturated carbocycles. The highest BCUT2D eigenvalue weighted by Gasteiger charge is 2.64. The van der Waals surface area contributed by atoms with E-state index in [1.165, 1.54) is 47.6 Å². The van der Waals surface area contributed by atoms with E-state index in [0.29, 0.717) is 40.4 Å². The number of aromatic nitrogens is 4. The van der Waals surface area contributed by atoms with Crippen LogP contribution in [0.4, 0.5) is 0 Å². The number of nitrogens with zero attached hydrogens (tertiary/aromatic N) is 6.